The molecule has 1 heteroatoms. The van der Waals surface area contributed by atoms with Crippen molar-refractivity contribution in [3.63, 3.8) is 0 Å². The van der Waals surface area contributed by atoms with E-state index in [1.54, 1.807) is 0 Å². The van der Waals surface area contributed by atoms with Gasteiger partial charge in [0, 0.05) is 12.3 Å². The number of ketones is 1. The van der Waals surface area contributed by atoms with Gasteiger partial charge in [0.05, 0.1) is 0 Å². The monoisotopic (exact) mass is 194 g/mol. The molecule has 2 bridgehead atoms. The fourth-order valence-electron chi connectivity index (χ4n) is 3.60. The summed E-state index contributed by atoms with van der Waals surface area (Å²) in [5.41, 5.74) is 0. The topological polar surface area (TPSA) is 17.1 Å². The third-order valence-electron chi connectivity index (χ3n) is 4.44. The van der Waals surface area contributed by atoms with Crippen LogP contribution >= 0.6 is 0 Å². The van der Waals surface area contributed by atoms with Crippen molar-refractivity contribution >= 4 is 5.78 Å². The number of rotatable bonds is 4. The second-order valence-electron chi connectivity index (χ2n) is 5.39. The van der Waals surface area contributed by atoms with E-state index in [1.165, 1.54) is 32.1 Å². The SMILES string of the molecule is CCC(=O)C(C)CC1CC2CCC1C2. The Bertz CT molecular complexity index is 221. The first kappa shape index (κ1) is 10.2. The molecule has 4 atom stereocenters. The second kappa shape index (κ2) is 4.04. The summed E-state index contributed by atoms with van der Waals surface area (Å²) in [4.78, 5) is 11.5. The number of fused-ring (bicyclic) bond motifs is 2. The first-order valence-electron chi connectivity index (χ1n) is 6.23. The van der Waals surface area contributed by atoms with Gasteiger partial charge < -0.3 is 0 Å². The fraction of sp³-hybridized carbons (Fsp3) is 0.923. The molecule has 0 N–H and O–H groups in total. The van der Waals surface area contributed by atoms with Gasteiger partial charge in [-0.2, -0.15) is 0 Å². The molecular weight excluding hydrogens is 172 g/mol. The van der Waals surface area contributed by atoms with E-state index in [4.69, 9.17) is 0 Å². The van der Waals surface area contributed by atoms with Crippen LogP contribution < -0.4 is 0 Å². The largest absolute Gasteiger partial charge is 0.299 e. The van der Waals surface area contributed by atoms with Gasteiger partial charge in [0.2, 0.25) is 0 Å². The zero-order valence-electron chi connectivity index (χ0n) is 9.46. The van der Waals surface area contributed by atoms with Gasteiger partial charge in [-0.3, -0.25) is 4.79 Å². The molecule has 14 heavy (non-hydrogen) atoms. The van der Waals surface area contributed by atoms with E-state index in [9.17, 15) is 4.79 Å². The molecule has 0 spiro atoms. The maximum Gasteiger partial charge on any atom is 0.135 e. The van der Waals surface area contributed by atoms with E-state index in [0.29, 0.717) is 11.7 Å². The van der Waals surface area contributed by atoms with Crippen LogP contribution in [0.5, 0.6) is 0 Å². The Kier molecular flexibility index (Phi) is 2.94. The molecule has 0 aromatic heterocycles. The molecular formula is C13H22O. The minimum Gasteiger partial charge on any atom is -0.299 e. The number of carbonyl (C=O) groups excluding carboxylic acids is 1. The zero-order chi connectivity index (χ0) is 10.1. The predicted molar refractivity (Wildman–Crippen MR) is 58.0 cm³/mol. The minimum atomic E-state index is 0.323. The van der Waals surface area contributed by atoms with Crippen molar-refractivity contribution in [3.05, 3.63) is 0 Å². The summed E-state index contributed by atoms with van der Waals surface area (Å²) in [7, 11) is 0. The lowest BCUT2D eigenvalue weighted by molar-refractivity contribution is -0.122. The molecule has 2 rings (SSSR count). The molecule has 1 nitrogen and oxygen atoms in total. The van der Waals surface area contributed by atoms with Crippen molar-refractivity contribution in [2.24, 2.45) is 23.7 Å². The first-order valence-corrected chi connectivity index (χ1v) is 6.23. The summed E-state index contributed by atoms with van der Waals surface area (Å²) in [6.45, 7) is 4.11. The highest BCUT2D eigenvalue weighted by Crippen LogP contribution is 2.50. The summed E-state index contributed by atoms with van der Waals surface area (Å²) in [6.07, 6.45) is 7.71. The van der Waals surface area contributed by atoms with Crippen molar-refractivity contribution < 1.29 is 4.79 Å². The summed E-state index contributed by atoms with van der Waals surface area (Å²) in [5, 5.41) is 0. The van der Waals surface area contributed by atoms with Crippen LogP contribution in [0.15, 0.2) is 0 Å². The van der Waals surface area contributed by atoms with Gasteiger partial charge in [-0.05, 0) is 43.4 Å². The summed E-state index contributed by atoms with van der Waals surface area (Å²) < 4.78 is 0. The van der Waals surface area contributed by atoms with Crippen molar-refractivity contribution in [1.82, 2.24) is 0 Å². The Hall–Kier alpha value is -0.330. The molecule has 0 amide bonds. The van der Waals surface area contributed by atoms with Crippen LogP contribution in [0.2, 0.25) is 0 Å². The smallest absolute Gasteiger partial charge is 0.135 e. The molecule has 80 valence electrons. The maximum absolute atomic E-state index is 11.5. The number of hydrogen-bond acceptors (Lipinski definition) is 1. The third-order valence-corrected chi connectivity index (χ3v) is 4.44. The molecule has 0 aromatic carbocycles. The summed E-state index contributed by atoms with van der Waals surface area (Å²) in [6, 6.07) is 0. The number of Topliss-reactive ketones (excluding diaryl/α,β-unsaturated/α-hetero) is 1. The van der Waals surface area contributed by atoms with Crippen molar-refractivity contribution in [3.8, 4) is 0 Å². The van der Waals surface area contributed by atoms with Gasteiger partial charge >= 0.3 is 0 Å². The van der Waals surface area contributed by atoms with E-state index in [-0.39, 0.29) is 0 Å². The fourth-order valence-corrected chi connectivity index (χ4v) is 3.60. The van der Waals surface area contributed by atoms with Gasteiger partial charge in [0.25, 0.3) is 0 Å². The van der Waals surface area contributed by atoms with Gasteiger partial charge in [-0.1, -0.05) is 20.3 Å². The first-order chi connectivity index (χ1) is 6.70. The molecule has 2 saturated carbocycles. The lowest BCUT2D eigenvalue weighted by Gasteiger charge is -2.23. The van der Waals surface area contributed by atoms with E-state index in [0.717, 1.165) is 24.2 Å². The molecule has 0 saturated heterocycles. The highest BCUT2D eigenvalue weighted by Gasteiger charge is 2.40. The molecule has 0 aromatic rings. The van der Waals surface area contributed by atoms with Gasteiger partial charge in [-0.25, -0.2) is 0 Å². The van der Waals surface area contributed by atoms with Crippen LogP contribution in [0.4, 0.5) is 0 Å². The Balaban J connectivity index is 1.83. The van der Waals surface area contributed by atoms with Crippen molar-refractivity contribution in [1.29, 1.82) is 0 Å². The zero-order valence-corrected chi connectivity index (χ0v) is 9.46. The number of carbonyl (C=O) groups is 1. The van der Waals surface area contributed by atoms with Gasteiger partial charge in [0.15, 0.2) is 0 Å². The minimum absolute atomic E-state index is 0.323. The maximum atomic E-state index is 11.5. The van der Waals surface area contributed by atoms with Crippen LogP contribution in [0, 0.1) is 23.7 Å². The second-order valence-corrected chi connectivity index (χ2v) is 5.39. The number of hydrogen-bond donors (Lipinski definition) is 0. The normalized spacial score (nSPS) is 37.4. The lowest BCUT2D eigenvalue weighted by atomic mass is 9.81. The standard InChI is InChI=1S/C13H22O/c1-3-13(14)9(2)6-12-8-10-4-5-11(12)7-10/h9-12H,3-8H2,1-2H3. The lowest BCUT2D eigenvalue weighted by Crippen LogP contribution is -2.18. The Morgan fingerprint density at radius 1 is 1.36 bits per heavy atom. The van der Waals surface area contributed by atoms with Crippen LogP contribution in [-0.4, -0.2) is 5.78 Å². The summed E-state index contributed by atoms with van der Waals surface area (Å²) in [5.74, 6) is 3.68. The molecule has 2 aliphatic rings. The Morgan fingerprint density at radius 2 is 2.14 bits per heavy atom. The van der Waals surface area contributed by atoms with Crippen molar-refractivity contribution in [2.75, 3.05) is 0 Å². The predicted octanol–water partition coefficient (Wildman–Crippen LogP) is 3.43. The van der Waals surface area contributed by atoms with Crippen LogP contribution in [0.1, 0.15) is 52.4 Å². The van der Waals surface area contributed by atoms with E-state index in [1.807, 2.05) is 6.92 Å². The average Bonchev–Trinajstić information content (AvgIpc) is 2.77. The quantitative estimate of drug-likeness (QED) is 0.670. The molecule has 0 heterocycles. The molecule has 0 aliphatic heterocycles. The van der Waals surface area contributed by atoms with Gasteiger partial charge in [-0.15, -0.1) is 0 Å². The van der Waals surface area contributed by atoms with Crippen LogP contribution in [0.3, 0.4) is 0 Å². The van der Waals surface area contributed by atoms with Crippen LogP contribution in [-0.2, 0) is 4.79 Å². The van der Waals surface area contributed by atoms with Crippen LogP contribution in [0.25, 0.3) is 0 Å². The van der Waals surface area contributed by atoms with Gasteiger partial charge in [0.1, 0.15) is 5.78 Å². The van der Waals surface area contributed by atoms with E-state index < -0.39 is 0 Å². The molecule has 4 unspecified atom stereocenters. The summed E-state index contributed by atoms with van der Waals surface area (Å²) >= 11 is 0. The Morgan fingerprint density at radius 3 is 2.64 bits per heavy atom. The Labute approximate surface area is 87.3 Å². The molecule has 2 fully saturated rings. The molecule has 0 radical (unpaired) electrons. The van der Waals surface area contributed by atoms with E-state index in [2.05, 4.69) is 6.92 Å². The average molecular weight is 194 g/mol. The highest BCUT2D eigenvalue weighted by atomic mass is 16.1. The molecule has 2 aliphatic carbocycles. The van der Waals surface area contributed by atoms with Crippen molar-refractivity contribution in [2.45, 2.75) is 52.4 Å². The van der Waals surface area contributed by atoms with E-state index >= 15 is 0 Å². The highest BCUT2D eigenvalue weighted by molar-refractivity contribution is 5.80. The third kappa shape index (κ3) is 1.87.